The molecule has 2 unspecified atom stereocenters. The van der Waals surface area contributed by atoms with E-state index in [4.69, 9.17) is 11.6 Å². The minimum atomic E-state index is 0. The highest BCUT2D eigenvalue weighted by Crippen LogP contribution is 2.21. The van der Waals surface area contributed by atoms with Crippen molar-refractivity contribution in [2.75, 3.05) is 26.2 Å². The van der Waals surface area contributed by atoms with Gasteiger partial charge in [0.2, 0.25) is 5.91 Å². The number of nitrogens with one attached hydrogen (secondary N) is 2. The monoisotopic (exact) mass is 435 g/mol. The zero-order chi connectivity index (χ0) is 17.5. The van der Waals surface area contributed by atoms with Crippen molar-refractivity contribution >= 4 is 42.3 Å². The van der Waals surface area contributed by atoms with Gasteiger partial charge in [-0.15, -0.1) is 24.8 Å². The third kappa shape index (κ3) is 8.16. The smallest absolute Gasteiger partial charge is 0.220 e. The van der Waals surface area contributed by atoms with E-state index >= 15 is 0 Å². The highest BCUT2D eigenvalue weighted by molar-refractivity contribution is 6.30. The molecule has 4 nitrogen and oxygen atoms in total. The van der Waals surface area contributed by atoms with E-state index in [1.807, 2.05) is 18.2 Å². The summed E-state index contributed by atoms with van der Waals surface area (Å²) in [5.74, 6) is 0.889. The number of amides is 1. The maximum absolute atomic E-state index is 12.2. The summed E-state index contributed by atoms with van der Waals surface area (Å²) in [5.41, 5.74) is 1.25. The number of hydrogen-bond acceptors (Lipinski definition) is 3. The second-order valence-corrected chi connectivity index (χ2v) is 7.89. The molecule has 2 aliphatic heterocycles. The molecule has 0 aliphatic carbocycles. The number of carbonyl (C=O) groups excluding carboxylic acids is 1. The lowest BCUT2D eigenvalue weighted by Crippen LogP contribution is -2.46. The van der Waals surface area contributed by atoms with Gasteiger partial charge in [-0.2, -0.15) is 0 Å². The molecule has 1 aromatic rings. The van der Waals surface area contributed by atoms with Crippen LogP contribution >= 0.6 is 36.4 Å². The van der Waals surface area contributed by atoms with Crippen LogP contribution in [0, 0.1) is 5.92 Å². The summed E-state index contributed by atoms with van der Waals surface area (Å²) in [5, 5.41) is 7.33. The Morgan fingerprint density at radius 2 is 2.11 bits per heavy atom. The number of hydrogen-bond donors (Lipinski definition) is 2. The highest BCUT2D eigenvalue weighted by Gasteiger charge is 2.23. The van der Waals surface area contributed by atoms with Crippen LogP contribution in [-0.4, -0.2) is 43.0 Å². The average Bonchev–Trinajstić information content (AvgIpc) is 3.13. The highest BCUT2D eigenvalue weighted by atomic mass is 35.5. The van der Waals surface area contributed by atoms with Crippen molar-refractivity contribution in [3.63, 3.8) is 0 Å². The van der Waals surface area contributed by atoms with Gasteiger partial charge in [0.1, 0.15) is 0 Å². The third-order valence-electron chi connectivity index (χ3n) is 5.50. The van der Waals surface area contributed by atoms with E-state index in [-0.39, 0.29) is 30.7 Å². The summed E-state index contributed by atoms with van der Waals surface area (Å²) in [6.07, 6.45) is 6.53. The largest absolute Gasteiger partial charge is 0.355 e. The summed E-state index contributed by atoms with van der Waals surface area (Å²) in [4.78, 5) is 14.7. The fourth-order valence-corrected chi connectivity index (χ4v) is 4.20. The van der Waals surface area contributed by atoms with Crippen molar-refractivity contribution < 1.29 is 4.79 Å². The Morgan fingerprint density at radius 1 is 1.26 bits per heavy atom. The van der Waals surface area contributed by atoms with Crippen molar-refractivity contribution in [1.82, 2.24) is 15.5 Å². The minimum Gasteiger partial charge on any atom is -0.355 e. The number of benzene rings is 1. The van der Waals surface area contributed by atoms with Crippen molar-refractivity contribution in [3.8, 4) is 0 Å². The zero-order valence-electron chi connectivity index (χ0n) is 15.8. The van der Waals surface area contributed by atoms with Crippen LogP contribution in [0.25, 0.3) is 0 Å². The maximum Gasteiger partial charge on any atom is 0.220 e. The summed E-state index contributed by atoms with van der Waals surface area (Å²) < 4.78 is 0. The van der Waals surface area contributed by atoms with Gasteiger partial charge in [0.05, 0.1) is 0 Å². The quantitative estimate of drug-likeness (QED) is 0.678. The van der Waals surface area contributed by atoms with Crippen molar-refractivity contribution in [3.05, 3.63) is 34.9 Å². The van der Waals surface area contributed by atoms with E-state index in [1.54, 1.807) is 0 Å². The molecule has 154 valence electrons. The predicted octanol–water partition coefficient (Wildman–Crippen LogP) is 4.04. The molecule has 2 N–H and O–H groups in total. The number of nitrogens with zero attached hydrogens (tertiary/aromatic N) is 1. The van der Waals surface area contributed by atoms with Gasteiger partial charge >= 0.3 is 0 Å². The second kappa shape index (κ2) is 12.8. The van der Waals surface area contributed by atoms with Crippen LogP contribution < -0.4 is 10.6 Å². The second-order valence-electron chi connectivity index (χ2n) is 7.45. The number of rotatable bonds is 7. The van der Waals surface area contributed by atoms with E-state index in [0.717, 1.165) is 50.6 Å². The molecule has 2 saturated heterocycles. The molecular formula is C20H32Cl3N3O. The van der Waals surface area contributed by atoms with Gasteiger partial charge < -0.3 is 10.6 Å². The van der Waals surface area contributed by atoms with Gasteiger partial charge in [0, 0.05) is 30.6 Å². The van der Waals surface area contributed by atoms with E-state index in [1.165, 1.54) is 24.8 Å². The Balaban J connectivity index is 0.00000182. The molecule has 1 amide bonds. The lowest BCUT2D eigenvalue weighted by atomic mass is 10.0. The molecule has 2 heterocycles. The van der Waals surface area contributed by atoms with E-state index in [2.05, 4.69) is 21.6 Å². The Labute approximate surface area is 180 Å². The molecule has 0 saturated carbocycles. The standard InChI is InChI=1S/C20H30ClN3O.2ClH/c21-18-5-3-4-17(12-18)15-24-11-2-1-6-19(24)14-23-20(25)8-7-16-9-10-22-13-16;;/h3-5,12,16,19,22H,1-2,6-11,13-15H2,(H,23,25);2*1H. The van der Waals surface area contributed by atoms with Crippen LogP contribution in [0.2, 0.25) is 5.02 Å². The van der Waals surface area contributed by atoms with Gasteiger partial charge in [0.15, 0.2) is 0 Å². The first-order valence-electron chi connectivity index (χ1n) is 9.66. The van der Waals surface area contributed by atoms with Crippen molar-refractivity contribution in [2.45, 2.75) is 51.1 Å². The van der Waals surface area contributed by atoms with Crippen LogP contribution in [0.5, 0.6) is 0 Å². The molecule has 0 radical (unpaired) electrons. The zero-order valence-corrected chi connectivity index (χ0v) is 18.2. The number of likely N-dealkylation sites (tertiary alicyclic amines) is 1. The first-order valence-corrected chi connectivity index (χ1v) is 10.0. The van der Waals surface area contributed by atoms with Crippen LogP contribution in [0.15, 0.2) is 24.3 Å². The van der Waals surface area contributed by atoms with E-state index in [0.29, 0.717) is 18.4 Å². The molecule has 0 spiro atoms. The van der Waals surface area contributed by atoms with Gasteiger partial charge in [-0.05, 0) is 68.9 Å². The topological polar surface area (TPSA) is 44.4 Å². The Morgan fingerprint density at radius 3 is 2.85 bits per heavy atom. The van der Waals surface area contributed by atoms with Gasteiger partial charge in [-0.1, -0.05) is 30.2 Å². The molecule has 7 heteroatoms. The Kier molecular flexibility index (Phi) is 11.7. The van der Waals surface area contributed by atoms with Crippen LogP contribution in [0.1, 0.15) is 44.1 Å². The molecule has 2 aliphatic rings. The lowest BCUT2D eigenvalue weighted by Gasteiger charge is -2.36. The lowest BCUT2D eigenvalue weighted by molar-refractivity contribution is -0.121. The Bertz CT molecular complexity index is 567. The molecule has 2 fully saturated rings. The first-order chi connectivity index (χ1) is 12.2. The maximum atomic E-state index is 12.2. The molecule has 3 rings (SSSR count). The van der Waals surface area contributed by atoms with Gasteiger partial charge in [-0.25, -0.2) is 0 Å². The number of piperidine rings is 1. The van der Waals surface area contributed by atoms with Gasteiger partial charge in [-0.3, -0.25) is 9.69 Å². The normalized spacial score (nSPS) is 22.6. The SMILES string of the molecule is Cl.Cl.O=C(CCC1CCNC1)NCC1CCCCN1Cc1cccc(Cl)c1. The van der Waals surface area contributed by atoms with Crippen molar-refractivity contribution in [2.24, 2.45) is 5.92 Å². The van der Waals surface area contributed by atoms with Crippen LogP contribution in [-0.2, 0) is 11.3 Å². The van der Waals surface area contributed by atoms with Crippen molar-refractivity contribution in [1.29, 1.82) is 0 Å². The predicted molar refractivity (Wildman–Crippen MR) is 117 cm³/mol. The molecule has 2 atom stereocenters. The summed E-state index contributed by atoms with van der Waals surface area (Å²) in [6, 6.07) is 8.53. The number of halogens is 3. The van der Waals surface area contributed by atoms with E-state index in [9.17, 15) is 4.79 Å². The molecule has 1 aromatic carbocycles. The molecule has 0 aromatic heterocycles. The van der Waals surface area contributed by atoms with Crippen LogP contribution in [0.3, 0.4) is 0 Å². The first kappa shape index (κ1) is 24.5. The summed E-state index contributed by atoms with van der Waals surface area (Å²) in [6.45, 7) is 4.95. The minimum absolute atomic E-state index is 0. The molecule has 27 heavy (non-hydrogen) atoms. The fraction of sp³-hybridized carbons (Fsp3) is 0.650. The van der Waals surface area contributed by atoms with Crippen LogP contribution in [0.4, 0.5) is 0 Å². The molecular weight excluding hydrogens is 405 g/mol. The summed E-state index contributed by atoms with van der Waals surface area (Å²) >= 11 is 6.11. The average molecular weight is 437 g/mol. The summed E-state index contributed by atoms with van der Waals surface area (Å²) in [7, 11) is 0. The molecule has 0 bridgehead atoms. The van der Waals surface area contributed by atoms with Gasteiger partial charge in [0.25, 0.3) is 0 Å². The van der Waals surface area contributed by atoms with E-state index < -0.39 is 0 Å². The Hall–Kier alpha value is -0.520. The number of carbonyl (C=O) groups is 1. The third-order valence-corrected chi connectivity index (χ3v) is 5.74. The fourth-order valence-electron chi connectivity index (χ4n) is 3.99.